The topological polar surface area (TPSA) is 12.0 Å². The number of hydrogen-bond acceptors (Lipinski definition) is 1. The Morgan fingerprint density at radius 2 is 2.20 bits per heavy atom. The molecule has 1 aliphatic carbocycles. The Morgan fingerprint density at radius 3 is 3.00 bits per heavy atom. The predicted octanol–water partition coefficient (Wildman–Crippen LogP) is 2.39. The Balaban J connectivity index is 2.06. The van der Waals surface area contributed by atoms with Crippen molar-refractivity contribution in [2.24, 2.45) is 0 Å². The summed E-state index contributed by atoms with van der Waals surface area (Å²) in [6.45, 7) is 2.15. The molecule has 0 aromatic heterocycles. The molecule has 1 saturated heterocycles. The molecule has 80 valence electrons. The van der Waals surface area contributed by atoms with Crippen LogP contribution in [0.1, 0.15) is 30.4 Å². The number of piperidine rings is 1. The number of benzene rings is 1. The molecule has 1 spiro atoms. The summed E-state index contributed by atoms with van der Waals surface area (Å²) < 4.78 is 13.6. The molecule has 1 N–H and O–H groups in total. The van der Waals surface area contributed by atoms with Gasteiger partial charge in [0, 0.05) is 12.0 Å². The standard InChI is InChI=1S/C13H16FN/c14-12-4-1-3-11-10(12)5-7-13(11)6-2-8-15-9-13/h1,3-4,15H,2,5-9H2/t13-/m0/s1. The zero-order valence-corrected chi connectivity index (χ0v) is 8.85. The van der Waals surface area contributed by atoms with E-state index >= 15 is 0 Å². The first kappa shape index (κ1) is 9.34. The SMILES string of the molecule is Fc1cccc2c1CC[C@]21CCCNC1. The molecule has 1 heterocycles. The van der Waals surface area contributed by atoms with Crippen molar-refractivity contribution in [3.63, 3.8) is 0 Å². The Bertz CT molecular complexity index is 380. The first-order valence-corrected chi connectivity index (χ1v) is 5.80. The molecule has 2 aliphatic rings. The lowest BCUT2D eigenvalue weighted by Gasteiger charge is -2.35. The zero-order chi connectivity index (χ0) is 10.3. The van der Waals surface area contributed by atoms with Crippen LogP contribution < -0.4 is 5.32 Å². The fourth-order valence-corrected chi connectivity index (χ4v) is 3.22. The van der Waals surface area contributed by atoms with Crippen molar-refractivity contribution < 1.29 is 4.39 Å². The monoisotopic (exact) mass is 205 g/mol. The first-order chi connectivity index (χ1) is 7.32. The minimum absolute atomic E-state index is 0.00468. The summed E-state index contributed by atoms with van der Waals surface area (Å²) in [5.74, 6) is -0.00468. The first-order valence-electron chi connectivity index (χ1n) is 5.80. The molecule has 1 aromatic rings. The van der Waals surface area contributed by atoms with Gasteiger partial charge < -0.3 is 5.32 Å². The molecule has 2 heteroatoms. The van der Waals surface area contributed by atoms with Crippen molar-refractivity contribution in [1.82, 2.24) is 5.32 Å². The van der Waals surface area contributed by atoms with Crippen LogP contribution in [0, 0.1) is 5.82 Å². The number of nitrogens with one attached hydrogen (secondary N) is 1. The molecule has 0 saturated carbocycles. The van der Waals surface area contributed by atoms with Crippen LogP contribution in [-0.2, 0) is 11.8 Å². The summed E-state index contributed by atoms with van der Waals surface area (Å²) in [5, 5.41) is 3.46. The van der Waals surface area contributed by atoms with Gasteiger partial charge in [0.05, 0.1) is 0 Å². The van der Waals surface area contributed by atoms with E-state index in [1.54, 1.807) is 6.07 Å². The maximum atomic E-state index is 13.6. The van der Waals surface area contributed by atoms with Crippen LogP contribution in [0.25, 0.3) is 0 Å². The molecule has 0 radical (unpaired) electrons. The van der Waals surface area contributed by atoms with Gasteiger partial charge in [0.1, 0.15) is 5.82 Å². The van der Waals surface area contributed by atoms with E-state index in [-0.39, 0.29) is 11.2 Å². The van der Waals surface area contributed by atoms with Gasteiger partial charge >= 0.3 is 0 Å². The zero-order valence-electron chi connectivity index (χ0n) is 8.85. The van der Waals surface area contributed by atoms with Crippen molar-refractivity contribution in [3.05, 3.63) is 35.1 Å². The number of halogens is 1. The van der Waals surface area contributed by atoms with Gasteiger partial charge in [-0.3, -0.25) is 0 Å². The van der Waals surface area contributed by atoms with Crippen LogP contribution in [0.2, 0.25) is 0 Å². The van der Waals surface area contributed by atoms with Crippen LogP contribution in [-0.4, -0.2) is 13.1 Å². The second kappa shape index (κ2) is 3.31. The van der Waals surface area contributed by atoms with E-state index in [2.05, 4.69) is 11.4 Å². The van der Waals surface area contributed by atoms with Crippen LogP contribution in [0.3, 0.4) is 0 Å². The summed E-state index contributed by atoms with van der Waals surface area (Å²) in [7, 11) is 0. The molecule has 3 rings (SSSR count). The van der Waals surface area contributed by atoms with Gasteiger partial charge in [0.25, 0.3) is 0 Å². The highest BCUT2D eigenvalue weighted by Gasteiger charge is 2.40. The van der Waals surface area contributed by atoms with Crippen molar-refractivity contribution in [1.29, 1.82) is 0 Å². The lowest BCUT2D eigenvalue weighted by atomic mass is 9.76. The summed E-state index contributed by atoms with van der Waals surface area (Å²) in [4.78, 5) is 0. The highest BCUT2D eigenvalue weighted by Crippen LogP contribution is 2.43. The Hall–Kier alpha value is -0.890. The highest BCUT2D eigenvalue weighted by atomic mass is 19.1. The minimum Gasteiger partial charge on any atom is -0.316 e. The van der Waals surface area contributed by atoms with Gasteiger partial charge in [0.15, 0.2) is 0 Å². The smallest absolute Gasteiger partial charge is 0.126 e. The second-order valence-corrected chi connectivity index (χ2v) is 4.83. The fraction of sp³-hybridized carbons (Fsp3) is 0.538. The molecular weight excluding hydrogens is 189 g/mol. The summed E-state index contributed by atoms with van der Waals surface area (Å²) >= 11 is 0. The fourth-order valence-electron chi connectivity index (χ4n) is 3.22. The molecule has 0 unspecified atom stereocenters. The maximum absolute atomic E-state index is 13.6. The number of fused-ring (bicyclic) bond motifs is 2. The molecule has 1 atom stereocenters. The largest absolute Gasteiger partial charge is 0.316 e. The minimum atomic E-state index is -0.00468. The van der Waals surface area contributed by atoms with Crippen LogP contribution in [0.5, 0.6) is 0 Å². The number of hydrogen-bond donors (Lipinski definition) is 1. The molecule has 1 aromatic carbocycles. The van der Waals surface area contributed by atoms with Gasteiger partial charge in [-0.2, -0.15) is 0 Å². The quantitative estimate of drug-likeness (QED) is 0.685. The molecule has 1 nitrogen and oxygen atoms in total. The average molecular weight is 205 g/mol. The van der Waals surface area contributed by atoms with Gasteiger partial charge in [-0.1, -0.05) is 12.1 Å². The van der Waals surface area contributed by atoms with E-state index in [4.69, 9.17) is 0 Å². The van der Waals surface area contributed by atoms with Crippen LogP contribution in [0.4, 0.5) is 4.39 Å². The van der Waals surface area contributed by atoms with Crippen molar-refractivity contribution in [2.75, 3.05) is 13.1 Å². The summed E-state index contributed by atoms with van der Waals surface area (Å²) in [6, 6.07) is 5.57. The Morgan fingerprint density at radius 1 is 1.27 bits per heavy atom. The van der Waals surface area contributed by atoms with E-state index in [1.165, 1.54) is 18.4 Å². The van der Waals surface area contributed by atoms with Crippen molar-refractivity contribution >= 4 is 0 Å². The predicted molar refractivity (Wildman–Crippen MR) is 58.5 cm³/mol. The number of rotatable bonds is 0. The van der Waals surface area contributed by atoms with Gasteiger partial charge in [-0.05, 0) is 49.4 Å². The third kappa shape index (κ3) is 1.31. The van der Waals surface area contributed by atoms with Crippen LogP contribution >= 0.6 is 0 Å². The van der Waals surface area contributed by atoms with E-state index in [0.717, 1.165) is 31.5 Å². The summed E-state index contributed by atoms with van der Waals surface area (Å²) in [6.07, 6.45) is 4.48. The van der Waals surface area contributed by atoms with Crippen LogP contribution in [0.15, 0.2) is 18.2 Å². The molecule has 0 bridgehead atoms. The third-order valence-corrected chi connectivity index (χ3v) is 4.02. The van der Waals surface area contributed by atoms with Gasteiger partial charge in [0.2, 0.25) is 0 Å². The van der Waals surface area contributed by atoms with Crippen molar-refractivity contribution in [2.45, 2.75) is 31.1 Å². The Labute approximate surface area is 89.7 Å². The second-order valence-electron chi connectivity index (χ2n) is 4.83. The normalized spacial score (nSPS) is 29.4. The van der Waals surface area contributed by atoms with E-state index in [0.29, 0.717) is 0 Å². The molecule has 1 aliphatic heterocycles. The van der Waals surface area contributed by atoms with Gasteiger partial charge in [-0.25, -0.2) is 4.39 Å². The molecule has 1 fully saturated rings. The average Bonchev–Trinajstić information content (AvgIpc) is 2.61. The van der Waals surface area contributed by atoms with E-state index in [1.807, 2.05) is 6.07 Å². The highest BCUT2D eigenvalue weighted by molar-refractivity contribution is 5.41. The lowest BCUT2D eigenvalue weighted by Crippen LogP contribution is -2.41. The Kier molecular flexibility index (Phi) is 2.06. The third-order valence-electron chi connectivity index (χ3n) is 4.02. The van der Waals surface area contributed by atoms with Crippen molar-refractivity contribution in [3.8, 4) is 0 Å². The molecule has 0 amide bonds. The molecule has 15 heavy (non-hydrogen) atoms. The van der Waals surface area contributed by atoms with Gasteiger partial charge in [-0.15, -0.1) is 0 Å². The lowest BCUT2D eigenvalue weighted by molar-refractivity contribution is 0.311. The van der Waals surface area contributed by atoms with E-state index in [9.17, 15) is 4.39 Å². The van der Waals surface area contributed by atoms with E-state index < -0.39 is 0 Å². The summed E-state index contributed by atoms with van der Waals surface area (Å²) in [5.41, 5.74) is 2.49. The maximum Gasteiger partial charge on any atom is 0.126 e. The molecular formula is C13H16FN.